The number of ether oxygens (including phenoxy) is 1. The van der Waals surface area contributed by atoms with Crippen LogP contribution in [-0.2, 0) is 6.61 Å². The molecule has 0 radical (unpaired) electrons. The number of benzene rings is 2. The molecule has 0 atom stereocenters. The summed E-state index contributed by atoms with van der Waals surface area (Å²) in [5, 5.41) is 8.67. The number of aliphatic hydroxyl groups excluding tert-OH is 1. The summed E-state index contributed by atoms with van der Waals surface area (Å²) in [7, 11) is 0. The minimum atomic E-state index is -0.628. The van der Waals surface area contributed by atoms with Crippen LogP contribution in [-0.4, -0.2) is 11.7 Å². The molecule has 108 valence electrons. The number of aryl methyl sites for hydroxylation is 1. The topological polar surface area (TPSA) is 29.5 Å². The van der Waals surface area contributed by atoms with Crippen molar-refractivity contribution in [2.45, 2.75) is 13.5 Å². The molecule has 0 saturated carbocycles. The summed E-state index contributed by atoms with van der Waals surface area (Å²) in [4.78, 5) is 0. The van der Waals surface area contributed by atoms with Crippen molar-refractivity contribution in [1.29, 1.82) is 0 Å². The van der Waals surface area contributed by atoms with E-state index in [4.69, 9.17) is 9.84 Å². The number of hydrogen-bond donors (Lipinski definition) is 1. The van der Waals surface area contributed by atoms with Gasteiger partial charge < -0.3 is 9.84 Å². The van der Waals surface area contributed by atoms with Crippen molar-refractivity contribution < 1.29 is 18.6 Å². The Morgan fingerprint density at radius 3 is 2.48 bits per heavy atom. The van der Waals surface area contributed by atoms with Crippen LogP contribution < -0.4 is 4.74 Å². The zero-order valence-electron chi connectivity index (χ0n) is 11.5. The smallest absolute Gasteiger partial charge is 0.132 e. The van der Waals surface area contributed by atoms with Gasteiger partial charge in [-0.05, 0) is 42.8 Å². The molecule has 0 amide bonds. The van der Waals surface area contributed by atoms with E-state index >= 15 is 0 Å². The molecule has 0 heterocycles. The molecule has 0 aromatic heterocycles. The molecule has 2 nitrogen and oxygen atoms in total. The van der Waals surface area contributed by atoms with Crippen molar-refractivity contribution in [3.8, 4) is 17.6 Å². The third-order valence-electron chi connectivity index (χ3n) is 2.94. The second-order valence-corrected chi connectivity index (χ2v) is 4.43. The highest BCUT2D eigenvalue weighted by Crippen LogP contribution is 2.20. The van der Waals surface area contributed by atoms with Gasteiger partial charge in [0.05, 0.1) is 5.56 Å². The molecule has 0 bridgehead atoms. The first kappa shape index (κ1) is 15.0. The van der Waals surface area contributed by atoms with Crippen LogP contribution in [0, 0.1) is 30.4 Å². The van der Waals surface area contributed by atoms with Crippen LogP contribution in [0.3, 0.4) is 0 Å². The van der Waals surface area contributed by atoms with Crippen molar-refractivity contribution in [1.82, 2.24) is 0 Å². The number of aliphatic hydroxyl groups is 1. The van der Waals surface area contributed by atoms with Gasteiger partial charge in [0.1, 0.15) is 30.6 Å². The molecule has 0 fully saturated rings. The van der Waals surface area contributed by atoms with E-state index in [-0.39, 0.29) is 18.8 Å². The second kappa shape index (κ2) is 6.87. The molecule has 0 aliphatic carbocycles. The monoisotopic (exact) mass is 288 g/mol. The normalized spacial score (nSPS) is 9.90. The van der Waals surface area contributed by atoms with Crippen LogP contribution in [0.25, 0.3) is 0 Å². The van der Waals surface area contributed by atoms with Crippen LogP contribution in [0.4, 0.5) is 8.78 Å². The first-order valence-electron chi connectivity index (χ1n) is 6.38. The summed E-state index contributed by atoms with van der Waals surface area (Å²) in [5.41, 5.74) is 1.54. The molecule has 0 spiro atoms. The van der Waals surface area contributed by atoms with Crippen molar-refractivity contribution >= 4 is 0 Å². The van der Waals surface area contributed by atoms with Crippen molar-refractivity contribution in [3.63, 3.8) is 0 Å². The summed E-state index contributed by atoms with van der Waals surface area (Å²) in [5.74, 6) is 4.62. The maximum Gasteiger partial charge on any atom is 0.132 e. The zero-order chi connectivity index (χ0) is 15.2. The Kier molecular flexibility index (Phi) is 4.91. The van der Waals surface area contributed by atoms with Crippen LogP contribution in [0.5, 0.6) is 5.75 Å². The maximum absolute atomic E-state index is 13.5. The highest BCUT2D eigenvalue weighted by Gasteiger charge is 2.09. The first-order chi connectivity index (χ1) is 10.1. The molecule has 21 heavy (non-hydrogen) atoms. The molecule has 2 aromatic rings. The van der Waals surface area contributed by atoms with Crippen molar-refractivity contribution in [2.24, 2.45) is 0 Å². The highest BCUT2D eigenvalue weighted by atomic mass is 19.1. The Morgan fingerprint density at radius 1 is 1.14 bits per heavy atom. The molecular formula is C17H14F2O2. The van der Waals surface area contributed by atoms with Gasteiger partial charge in [-0.15, -0.1) is 0 Å². The van der Waals surface area contributed by atoms with E-state index in [0.717, 1.165) is 11.1 Å². The molecule has 0 aliphatic heterocycles. The van der Waals surface area contributed by atoms with E-state index in [0.29, 0.717) is 5.75 Å². The van der Waals surface area contributed by atoms with Crippen molar-refractivity contribution in [3.05, 3.63) is 64.7 Å². The Balaban J connectivity index is 2.12. The fourth-order valence-electron chi connectivity index (χ4n) is 1.83. The van der Waals surface area contributed by atoms with E-state index in [2.05, 4.69) is 11.8 Å². The van der Waals surface area contributed by atoms with E-state index in [1.165, 1.54) is 18.2 Å². The lowest BCUT2D eigenvalue weighted by Gasteiger charge is -2.09. The standard InChI is InChI=1S/C17H14F2O2/c1-12-10-14(8-7-13(12)4-3-9-20)21-11-15-16(18)5-2-6-17(15)19/h2,5-8,10,20H,9,11H2,1H3. The maximum atomic E-state index is 13.5. The Bertz CT molecular complexity index is 679. The molecule has 0 aliphatic rings. The summed E-state index contributed by atoms with van der Waals surface area (Å²) in [6.07, 6.45) is 0. The van der Waals surface area contributed by atoms with Gasteiger partial charge in [-0.3, -0.25) is 0 Å². The Labute approximate surface area is 122 Å². The molecular weight excluding hydrogens is 274 g/mol. The lowest BCUT2D eigenvalue weighted by Crippen LogP contribution is -2.02. The SMILES string of the molecule is Cc1cc(OCc2c(F)cccc2F)ccc1C#CCO. The van der Waals surface area contributed by atoms with Crippen LogP contribution in [0.15, 0.2) is 36.4 Å². The molecule has 4 heteroatoms. The van der Waals surface area contributed by atoms with Gasteiger partial charge in [-0.2, -0.15) is 0 Å². The fraction of sp³-hybridized carbons (Fsp3) is 0.176. The van der Waals surface area contributed by atoms with Crippen LogP contribution >= 0.6 is 0 Å². The van der Waals surface area contributed by atoms with E-state index in [1.54, 1.807) is 18.2 Å². The van der Waals surface area contributed by atoms with Gasteiger partial charge in [0.25, 0.3) is 0 Å². The number of hydrogen-bond acceptors (Lipinski definition) is 2. The summed E-state index contributed by atoms with van der Waals surface area (Å²) in [6.45, 7) is 1.46. The number of halogens is 2. The average molecular weight is 288 g/mol. The van der Waals surface area contributed by atoms with Crippen LogP contribution in [0.1, 0.15) is 16.7 Å². The minimum absolute atomic E-state index is 0.0979. The zero-order valence-corrected chi connectivity index (χ0v) is 11.5. The third-order valence-corrected chi connectivity index (χ3v) is 2.94. The quantitative estimate of drug-likeness (QED) is 0.879. The summed E-state index contributed by atoms with van der Waals surface area (Å²) < 4.78 is 32.4. The van der Waals surface area contributed by atoms with Crippen LogP contribution in [0.2, 0.25) is 0 Å². The lowest BCUT2D eigenvalue weighted by atomic mass is 10.1. The van der Waals surface area contributed by atoms with Gasteiger partial charge >= 0.3 is 0 Å². The van der Waals surface area contributed by atoms with E-state index in [9.17, 15) is 8.78 Å². The predicted octanol–water partition coefficient (Wildman–Crippen LogP) is 3.20. The van der Waals surface area contributed by atoms with E-state index < -0.39 is 11.6 Å². The van der Waals surface area contributed by atoms with Gasteiger partial charge in [-0.25, -0.2) is 8.78 Å². The minimum Gasteiger partial charge on any atom is -0.489 e. The fourth-order valence-corrected chi connectivity index (χ4v) is 1.83. The molecule has 2 aromatic carbocycles. The third kappa shape index (κ3) is 3.80. The van der Waals surface area contributed by atoms with Gasteiger partial charge in [0.15, 0.2) is 0 Å². The van der Waals surface area contributed by atoms with E-state index in [1.807, 2.05) is 6.92 Å². The lowest BCUT2D eigenvalue weighted by molar-refractivity contribution is 0.292. The Morgan fingerprint density at radius 2 is 1.86 bits per heavy atom. The number of rotatable bonds is 3. The van der Waals surface area contributed by atoms with Gasteiger partial charge in [0.2, 0.25) is 0 Å². The Hall–Kier alpha value is -2.38. The largest absolute Gasteiger partial charge is 0.489 e. The average Bonchev–Trinajstić information content (AvgIpc) is 2.46. The first-order valence-corrected chi connectivity index (χ1v) is 6.38. The van der Waals surface area contributed by atoms with Gasteiger partial charge in [-0.1, -0.05) is 17.9 Å². The summed E-state index contributed by atoms with van der Waals surface area (Å²) in [6, 6.07) is 8.85. The highest BCUT2D eigenvalue weighted by molar-refractivity contribution is 5.44. The van der Waals surface area contributed by atoms with Crippen molar-refractivity contribution in [2.75, 3.05) is 6.61 Å². The van der Waals surface area contributed by atoms with Gasteiger partial charge in [0, 0.05) is 5.56 Å². The summed E-state index contributed by atoms with van der Waals surface area (Å²) >= 11 is 0. The molecule has 0 saturated heterocycles. The molecule has 1 N–H and O–H groups in total. The molecule has 2 rings (SSSR count). The predicted molar refractivity (Wildman–Crippen MR) is 75.8 cm³/mol. The molecule has 0 unspecified atom stereocenters. The second-order valence-electron chi connectivity index (χ2n) is 4.43.